The summed E-state index contributed by atoms with van der Waals surface area (Å²) in [6.45, 7) is 3.63. The van der Waals surface area contributed by atoms with Gasteiger partial charge < -0.3 is 5.31 Å². The molecule has 0 aliphatic rings. The van der Waals surface area contributed by atoms with Crippen LogP contribution in [-0.2, 0) is 6.42 Å². The summed E-state index contributed by atoms with van der Waals surface area (Å²) < 4.78 is 24.6. The molecule has 1 aromatic rings. The summed E-state index contributed by atoms with van der Waals surface area (Å²) in [7, 11) is 0. The van der Waals surface area contributed by atoms with Crippen molar-refractivity contribution in [2.75, 3.05) is 0 Å². The number of nitrogens with one attached hydrogen (secondary N) is 1. The third-order valence-electron chi connectivity index (χ3n) is 1.76. The number of hydrogen-bond donors (Lipinski definition) is 1. The molecule has 0 fully saturated rings. The fourth-order valence-electron chi connectivity index (χ4n) is 1.25. The molecular weight excluding hydrogens is 273 g/mol. The minimum atomic E-state index is -1.18. The molecule has 1 atom stereocenters. The van der Waals surface area contributed by atoms with Gasteiger partial charge in [-0.1, -0.05) is 41.9 Å². The topological polar surface area (TPSA) is 12.0 Å². The SMILES string of the molecule is Cl.[2H]CC([2H])(Cc1ccc(Br)cc1)N([2H])C(C)C. The molecule has 86 valence electrons. The Kier molecular flexibility index (Phi) is 4.90. The first-order chi connectivity index (χ1) is 7.89. The molecule has 1 rings (SSSR count). The summed E-state index contributed by atoms with van der Waals surface area (Å²) in [6, 6.07) is 6.46. The van der Waals surface area contributed by atoms with Gasteiger partial charge in [0.05, 0.1) is 0 Å². The molecular formula is C12H19BrClN. The molecule has 15 heavy (non-hydrogen) atoms. The van der Waals surface area contributed by atoms with Gasteiger partial charge in [0.2, 0.25) is 0 Å². The van der Waals surface area contributed by atoms with Crippen LogP contribution >= 0.6 is 28.3 Å². The van der Waals surface area contributed by atoms with Crippen molar-refractivity contribution in [3.63, 3.8) is 0 Å². The molecule has 0 saturated carbocycles. The maximum absolute atomic E-state index is 8.24. The number of rotatable bonds is 4. The second-order valence-corrected chi connectivity index (χ2v) is 4.51. The summed E-state index contributed by atoms with van der Waals surface area (Å²) in [5, 5.41) is 1.21. The number of halogens is 2. The molecule has 0 spiro atoms. The van der Waals surface area contributed by atoms with Crippen LogP contribution in [0, 0.1) is 0 Å². The van der Waals surface area contributed by atoms with E-state index in [1.54, 1.807) is 0 Å². The fraction of sp³-hybridized carbons (Fsp3) is 0.500. The van der Waals surface area contributed by atoms with Gasteiger partial charge in [0, 0.05) is 19.3 Å². The first kappa shape index (κ1) is 10.1. The van der Waals surface area contributed by atoms with Crippen LogP contribution in [0.5, 0.6) is 0 Å². The Morgan fingerprint density at radius 1 is 1.47 bits per heavy atom. The molecule has 0 saturated heterocycles. The van der Waals surface area contributed by atoms with Crippen LogP contribution in [0.3, 0.4) is 0 Å². The molecule has 1 nitrogen and oxygen atoms in total. The van der Waals surface area contributed by atoms with E-state index in [0.717, 1.165) is 10.0 Å². The van der Waals surface area contributed by atoms with Crippen molar-refractivity contribution in [3.05, 3.63) is 34.3 Å². The Balaban J connectivity index is 0.00000289. The van der Waals surface area contributed by atoms with E-state index in [0.29, 0.717) is 6.42 Å². The van der Waals surface area contributed by atoms with Gasteiger partial charge in [-0.15, -0.1) is 12.4 Å². The van der Waals surface area contributed by atoms with Crippen molar-refractivity contribution in [1.82, 2.24) is 5.31 Å². The van der Waals surface area contributed by atoms with E-state index in [1.165, 1.54) is 5.31 Å². The van der Waals surface area contributed by atoms with Gasteiger partial charge in [-0.2, -0.15) is 0 Å². The smallest absolute Gasteiger partial charge is 0.123 e. The van der Waals surface area contributed by atoms with E-state index in [-0.39, 0.29) is 25.3 Å². The van der Waals surface area contributed by atoms with Crippen molar-refractivity contribution in [3.8, 4) is 0 Å². The van der Waals surface area contributed by atoms with E-state index in [2.05, 4.69) is 15.9 Å². The van der Waals surface area contributed by atoms with Crippen molar-refractivity contribution >= 4 is 28.3 Å². The molecule has 0 radical (unpaired) electrons. The summed E-state index contributed by atoms with van der Waals surface area (Å²) in [5.74, 6) is 0. The van der Waals surface area contributed by atoms with E-state index in [4.69, 9.17) is 4.15 Å². The van der Waals surface area contributed by atoms with Crippen molar-refractivity contribution in [1.29, 1.82) is 0 Å². The highest BCUT2D eigenvalue weighted by Crippen LogP contribution is 2.11. The normalized spacial score (nSPS) is 17.5. The average Bonchev–Trinajstić information content (AvgIpc) is 2.31. The molecule has 0 aromatic heterocycles. The highest BCUT2D eigenvalue weighted by atomic mass is 79.9. The second kappa shape index (κ2) is 7.26. The third-order valence-corrected chi connectivity index (χ3v) is 2.29. The summed E-state index contributed by atoms with van der Waals surface area (Å²) in [4.78, 5) is 0. The highest BCUT2D eigenvalue weighted by molar-refractivity contribution is 9.10. The molecule has 0 amide bonds. The van der Waals surface area contributed by atoms with Crippen LogP contribution in [0.25, 0.3) is 0 Å². The standard InChI is InChI=1S/C12H18BrN.ClH/c1-9(2)14-10(3)8-11-4-6-12(13)7-5-11;/h4-7,9-10,14H,8H2,1-3H3;1H/i3D,10D;/hD. The van der Waals surface area contributed by atoms with E-state index < -0.39 is 6.02 Å². The molecule has 0 aliphatic carbocycles. The zero-order valence-electron chi connectivity index (χ0n) is 12.0. The van der Waals surface area contributed by atoms with Crippen molar-refractivity contribution in [2.45, 2.75) is 39.2 Å². The molecule has 1 unspecified atom stereocenters. The molecule has 0 bridgehead atoms. The van der Waals surface area contributed by atoms with Crippen molar-refractivity contribution < 1.29 is 4.15 Å². The van der Waals surface area contributed by atoms with E-state index in [9.17, 15) is 0 Å². The summed E-state index contributed by atoms with van der Waals surface area (Å²) in [6.07, 6.45) is 0.394. The minimum absolute atomic E-state index is 0. The van der Waals surface area contributed by atoms with Gasteiger partial charge in [-0.25, -0.2) is 0 Å². The quantitative estimate of drug-likeness (QED) is 0.891. The lowest BCUT2D eigenvalue weighted by Gasteiger charge is -2.16. The Morgan fingerprint density at radius 2 is 2.07 bits per heavy atom. The van der Waals surface area contributed by atoms with Crippen LogP contribution in [-0.4, -0.2) is 12.1 Å². The largest absolute Gasteiger partial charge is 0.312 e. The first-order valence-electron chi connectivity index (χ1n) is 6.36. The van der Waals surface area contributed by atoms with Crippen LogP contribution in [0.1, 0.15) is 29.1 Å². The number of benzene rings is 1. The van der Waals surface area contributed by atoms with Gasteiger partial charge in [0.25, 0.3) is 0 Å². The van der Waals surface area contributed by atoms with Crippen LogP contribution < -0.4 is 5.31 Å². The Bertz CT molecular complexity index is 361. The Morgan fingerprint density at radius 3 is 2.53 bits per heavy atom. The maximum atomic E-state index is 8.24. The minimum Gasteiger partial charge on any atom is -0.312 e. The summed E-state index contributed by atoms with van der Waals surface area (Å²) in [5.41, 5.74) is 0.980. The first-order valence-corrected chi connectivity index (χ1v) is 5.50. The maximum Gasteiger partial charge on any atom is 0.123 e. The summed E-state index contributed by atoms with van der Waals surface area (Å²) >= 11 is 3.36. The van der Waals surface area contributed by atoms with Gasteiger partial charge >= 0.3 is 0 Å². The van der Waals surface area contributed by atoms with Crippen LogP contribution in [0.2, 0.25) is 1.41 Å². The lowest BCUT2D eigenvalue weighted by Crippen LogP contribution is -2.33. The van der Waals surface area contributed by atoms with Crippen molar-refractivity contribution in [2.24, 2.45) is 0 Å². The van der Waals surface area contributed by atoms with E-state index in [1.807, 2.05) is 38.1 Å². The molecule has 0 aliphatic heterocycles. The zero-order valence-corrected chi connectivity index (χ0v) is 11.4. The van der Waals surface area contributed by atoms with Gasteiger partial charge in [0.1, 0.15) is 1.41 Å². The van der Waals surface area contributed by atoms with Gasteiger partial charge in [-0.05, 0) is 31.0 Å². The van der Waals surface area contributed by atoms with Gasteiger partial charge in [0.15, 0.2) is 0 Å². The van der Waals surface area contributed by atoms with Crippen LogP contribution in [0.4, 0.5) is 0 Å². The second-order valence-electron chi connectivity index (χ2n) is 3.59. The van der Waals surface area contributed by atoms with Crippen LogP contribution in [0.15, 0.2) is 28.7 Å². The fourth-order valence-corrected chi connectivity index (χ4v) is 1.51. The average molecular weight is 296 g/mol. The third kappa shape index (κ3) is 6.18. The molecule has 0 heterocycles. The van der Waals surface area contributed by atoms with Gasteiger partial charge in [-0.3, -0.25) is 0 Å². The lowest BCUT2D eigenvalue weighted by molar-refractivity contribution is 0.488. The van der Waals surface area contributed by atoms with E-state index >= 15 is 0 Å². The highest BCUT2D eigenvalue weighted by Gasteiger charge is 2.04. The lowest BCUT2D eigenvalue weighted by atomic mass is 10.1. The molecule has 3 heteroatoms. The Labute approximate surface area is 111 Å². The molecule has 1 aromatic carbocycles. The number of hydrogen-bond acceptors (Lipinski definition) is 1. The molecule has 1 N–H and O–H groups in total. The predicted octanol–water partition coefficient (Wildman–Crippen LogP) is 3.80. The predicted molar refractivity (Wildman–Crippen MR) is 72.8 cm³/mol. The monoisotopic (exact) mass is 294 g/mol. The zero-order chi connectivity index (χ0) is 13.1. The Hall–Kier alpha value is -0.0500.